The Morgan fingerprint density at radius 3 is 1.82 bits per heavy atom. The summed E-state index contributed by atoms with van der Waals surface area (Å²) in [5.74, 6) is -0.233. The Morgan fingerprint density at radius 1 is 0.721 bits per heavy atom. The number of nitrogens with zero attached hydrogens (tertiary/aromatic N) is 4. The Labute approximate surface area is 354 Å². The minimum atomic E-state index is -0.936. The van der Waals surface area contributed by atoms with E-state index in [1.165, 1.54) is 14.2 Å². The second kappa shape index (κ2) is 18.1. The van der Waals surface area contributed by atoms with E-state index in [0.717, 1.165) is 46.5 Å². The zero-order valence-electron chi connectivity index (χ0n) is 35.0. The number of benzene rings is 2. The van der Waals surface area contributed by atoms with Crippen molar-refractivity contribution in [3.63, 3.8) is 0 Å². The molecule has 4 atom stereocenters. The van der Waals surface area contributed by atoms with E-state index in [4.69, 9.17) is 33.7 Å². The molecule has 4 fully saturated rings. The molecule has 324 valence electrons. The summed E-state index contributed by atoms with van der Waals surface area (Å²) in [4.78, 5) is 72.2. The monoisotopic (exact) mass is 838 g/mol. The van der Waals surface area contributed by atoms with Crippen LogP contribution in [0.3, 0.4) is 0 Å². The van der Waals surface area contributed by atoms with E-state index in [9.17, 15) is 19.2 Å². The highest BCUT2D eigenvalue weighted by Crippen LogP contribution is 2.43. The van der Waals surface area contributed by atoms with Crippen molar-refractivity contribution in [2.75, 3.05) is 53.7 Å². The van der Waals surface area contributed by atoms with Crippen LogP contribution in [0.25, 0.3) is 33.6 Å². The molecule has 1 spiro atoms. The maximum atomic E-state index is 14.0. The van der Waals surface area contributed by atoms with Gasteiger partial charge in [0.25, 0.3) is 0 Å². The van der Waals surface area contributed by atoms with Crippen LogP contribution in [0.4, 0.5) is 9.59 Å². The molecular formula is C44H54N8O9. The predicted molar refractivity (Wildman–Crippen MR) is 221 cm³/mol. The lowest BCUT2D eigenvalue weighted by molar-refractivity contribution is -0.153. The Kier molecular flexibility index (Phi) is 12.4. The number of H-pyrrole nitrogens is 2. The fraction of sp³-hybridized carbons (Fsp3) is 0.500. The first-order valence-electron chi connectivity index (χ1n) is 21.0. The molecule has 2 aromatic carbocycles. The minimum absolute atomic E-state index is 0.0348. The highest BCUT2D eigenvalue weighted by molar-refractivity contribution is 5.87. The molecule has 4 aromatic rings. The number of rotatable bonds is 11. The number of ether oxygens (including phenoxy) is 5. The van der Waals surface area contributed by atoms with Gasteiger partial charge < -0.3 is 54.1 Å². The quantitative estimate of drug-likeness (QED) is 0.152. The largest absolute Gasteiger partial charge is 0.453 e. The van der Waals surface area contributed by atoms with Crippen LogP contribution < -0.4 is 10.6 Å². The van der Waals surface area contributed by atoms with Gasteiger partial charge >= 0.3 is 12.2 Å². The van der Waals surface area contributed by atoms with E-state index in [1.54, 1.807) is 17.3 Å². The summed E-state index contributed by atoms with van der Waals surface area (Å²) in [5.41, 5.74) is 5.59. The lowest BCUT2D eigenvalue weighted by atomic mass is 9.90. The maximum Gasteiger partial charge on any atom is 0.407 e. The third-order valence-electron chi connectivity index (χ3n) is 12.3. The van der Waals surface area contributed by atoms with Crippen LogP contribution in [0.5, 0.6) is 0 Å². The van der Waals surface area contributed by atoms with Gasteiger partial charge in [0.15, 0.2) is 5.79 Å². The summed E-state index contributed by atoms with van der Waals surface area (Å²) in [6.07, 6.45) is 5.65. The Hall–Kier alpha value is -5.78. The Bertz CT molecular complexity index is 2180. The number of hydrogen-bond donors (Lipinski definition) is 4. The van der Waals surface area contributed by atoms with Crippen LogP contribution in [-0.4, -0.2) is 125 Å². The van der Waals surface area contributed by atoms with Crippen LogP contribution in [0.15, 0.2) is 60.9 Å². The van der Waals surface area contributed by atoms with Crippen LogP contribution in [0.1, 0.15) is 69.7 Å². The summed E-state index contributed by atoms with van der Waals surface area (Å²) >= 11 is 0. The molecule has 4 amide bonds. The lowest BCUT2D eigenvalue weighted by Gasteiger charge is -2.34. The van der Waals surface area contributed by atoms with Crippen LogP contribution in [-0.2, 0) is 33.3 Å². The number of nitrogens with one attached hydrogen (secondary N) is 4. The standard InChI is InChI=1S/C44H54N8O9/c1-26(2)36(49-42(55)57-3)40(53)52-25-44(60-20-21-61-44)22-35(52)39-46-24-33(48-39)30-13-9-28(10-14-30)27-7-11-29(12-8-27)32-23-45-38(47-32)34-6-5-17-51(34)41(54)37(50-43(56)58-4)31-15-18-59-19-16-31/h7-14,23-24,26,31,34-37H,5-6,15-22,25H2,1-4H3,(H,45,47)(H,46,48)(H,49,55)(H,50,56)/t34-,35-,36-,37-/m0/s1. The molecule has 6 heterocycles. The normalized spacial score (nSPS) is 21.1. The van der Waals surface area contributed by atoms with Gasteiger partial charge in [0.05, 0.1) is 69.8 Å². The summed E-state index contributed by atoms with van der Waals surface area (Å²) in [7, 11) is 2.57. The van der Waals surface area contributed by atoms with Crippen molar-refractivity contribution < 1.29 is 42.9 Å². The molecule has 0 saturated carbocycles. The second-order valence-electron chi connectivity index (χ2n) is 16.4. The molecule has 0 bridgehead atoms. The fourth-order valence-electron chi connectivity index (χ4n) is 9.00. The summed E-state index contributed by atoms with van der Waals surface area (Å²) < 4.78 is 27.2. The number of imidazole rings is 2. The van der Waals surface area contributed by atoms with Crippen molar-refractivity contribution in [3.05, 3.63) is 72.6 Å². The van der Waals surface area contributed by atoms with E-state index in [2.05, 4.69) is 44.9 Å². The molecule has 4 aliphatic heterocycles. The van der Waals surface area contributed by atoms with Crippen molar-refractivity contribution in [1.29, 1.82) is 0 Å². The molecule has 4 N–H and O–H groups in total. The molecule has 0 unspecified atom stereocenters. The third kappa shape index (κ3) is 8.85. The average Bonchev–Trinajstić information content (AvgIpc) is 4.15. The molecule has 0 aliphatic carbocycles. The minimum Gasteiger partial charge on any atom is -0.453 e. The van der Waals surface area contributed by atoms with Crippen LogP contribution >= 0.6 is 0 Å². The van der Waals surface area contributed by atoms with Crippen molar-refractivity contribution in [2.45, 2.75) is 75.9 Å². The summed E-state index contributed by atoms with van der Waals surface area (Å²) in [5, 5.41) is 5.50. The number of aromatic nitrogens is 4. The van der Waals surface area contributed by atoms with Crippen molar-refractivity contribution in [1.82, 2.24) is 40.4 Å². The van der Waals surface area contributed by atoms with Gasteiger partial charge in [0.2, 0.25) is 11.8 Å². The molecule has 4 saturated heterocycles. The first-order valence-corrected chi connectivity index (χ1v) is 21.0. The highest BCUT2D eigenvalue weighted by Gasteiger charge is 2.53. The van der Waals surface area contributed by atoms with Crippen LogP contribution in [0, 0.1) is 11.8 Å². The Balaban J connectivity index is 0.939. The van der Waals surface area contributed by atoms with Gasteiger partial charge in [-0.3, -0.25) is 9.59 Å². The zero-order valence-corrected chi connectivity index (χ0v) is 35.0. The molecule has 17 heteroatoms. The summed E-state index contributed by atoms with van der Waals surface area (Å²) in [6, 6.07) is 14.2. The number of likely N-dealkylation sites (tertiary alicyclic amines) is 2. The van der Waals surface area contributed by atoms with E-state index in [0.29, 0.717) is 63.9 Å². The SMILES string of the molecule is COC(=O)N[C@H](C(=O)N1CC2(C[C@H]1c1ncc(-c3ccc(-c4ccc(-c5cnc([C@@H]6CCCN6C(=O)[C@@H](NC(=O)OC)C6CCOCC6)[nH]5)cc4)cc3)[nH]1)OCCO2)C(C)C. The zero-order chi connectivity index (χ0) is 42.7. The highest BCUT2D eigenvalue weighted by atomic mass is 16.7. The number of carbonyl (C=O) groups excluding carboxylic acids is 4. The molecule has 61 heavy (non-hydrogen) atoms. The van der Waals surface area contributed by atoms with Gasteiger partial charge in [-0.15, -0.1) is 0 Å². The number of amides is 4. The first-order chi connectivity index (χ1) is 29.6. The number of methoxy groups -OCH3 is 2. The smallest absolute Gasteiger partial charge is 0.407 e. The third-order valence-corrected chi connectivity index (χ3v) is 12.3. The maximum absolute atomic E-state index is 14.0. The predicted octanol–water partition coefficient (Wildman–Crippen LogP) is 5.35. The number of hydrogen-bond acceptors (Lipinski definition) is 11. The molecule has 0 radical (unpaired) electrons. The van der Waals surface area contributed by atoms with Gasteiger partial charge in [0, 0.05) is 26.2 Å². The fourth-order valence-corrected chi connectivity index (χ4v) is 9.00. The van der Waals surface area contributed by atoms with E-state index in [-0.39, 0.29) is 36.2 Å². The molecule has 17 nitrogen and oxygen atoms in total. The molecule has 2 aromatic heterocycles. The summed E-state index contributed by atoms with van der Waals surface area (Å²) in [6.45, 7) is 6.51. The van der Waals surface area contributed by atoms with Gasteiger partial charge in [0.1, 0.15) is 23.7 Å². The van der Waals surface area contributed by atoms with Gasteiger partial charge in [-0.05, 0) is 59.8 Å². The first kappa shape index (κ1) is 41.9. The molecule has 8 rings (SSSR count). The van der Waals surface area contributed by atoms with Crippen molar-refractivity contribution in [3.8, 4) is 33.6 Å². The van der Waals surface area contributed by atoms with Gasteiger partial charge in [-0.1, -0.05) is 62.4 Å². The lowest BCUT2D eigenvalue weighted by Crippen LogP contribution is -2.53. The van der Waals surface area contributed by atoms with E-state index < -0.39 is 36.1 Å². The number of alkyl carbamates (subject to hydrolysis) is 2. The van der Waals surface area contributed by atoms with Crippen LogP contribution in [0.2, 0.25) is 0 Å². The number of aromatic amines is 2. The van der Waals surface area contributed by atoms with Crippen molar-refractivity contribution in [2.24, 2.45) is 11.8 Å². The van der Waals surface area contributed by atoms with Crippen molar-refractivity contribution >= 4 is 24.0 Å². The Morgan fingerprint density at radius 2 is 1.26 bits per heavy atom. The van der Waals surface area contributed by atoms with Gasteiger partial charge in [-0.2, -0.15) is 0 Å². The average molecular weight is 839 g/mol. The topological polar surface area (TPSA) is 202 Å². The molecule has 4 aliphatic rings. The van der Waals surface area contributed by atoms with Gasteiger partial charge in [-0.25, -0.2) is 19.6 Å². The van der Waals surface area contributed by atoms with E-state index >= 15 is 0 Å². The second-order valence-corrected chi connectivity index (χ2v) is 16.4. The molecular weight excluding hydrogens is 785 g/mol. The number of carbonyl (C=O) groups is 4. The van der Waals surface area contributed by atoms with E-state index in [1.807, 2.05) is 43.0 Å².